The highest BCUT2D eigenvalue weighted by Crippen LogP contribution is 2.16. The molecule has 2 heterocycles. The van der Waals surface area contributed by atoms with E-state index in [-0.39, 0.29) is 4.90 Å². The van der Waals surface area contributed by atoms with Gasteiger partial charge in [-0.2, -0.15) is 0 Å². The van der Waals surface area contributed by atoms with E-state index in [1.54, 1.807) is 11.4 Å². The molecule has 7 heteroatoms. The van der Waals surface area contributed by atoms with Gasteiger partial charge in [-0.15, -0.1) is 11.3 Å². The van der Waals surface area contributed by atoms with Gasteiger partial charge in [0.1, 0.15) is 4.90 Å². The van der Waals surface area contributed by atoms with Gasteiger partial charge in [0.25, 0.3) is 10.0 Å². The van der Waals surface area contributed by atoms with Crippen molar-refractivity contribution in [2.24, 2.45) is 0 Å². The summed E-state index contributed by atoms with van der Waals surface area (Å²) in [5, 5.41) is 2.04. The van der Waals surface area contributed by atoms with Crippen molar-refractivity contribution in [1.29, 1.82) is 0 Å². The molecule has 0 unspecified atom stereocenters. The van der Waals surface area contributed by atoms with E-state index in [4.69, 9.17) is 0 Å². The molecule has 0 bridgehead atoms. The number of anilines is 1. The van der Waals surface area contributed by atoms with E-state index in [1.807, 2.05) is 0 Å². The molecule has 2 rings (SSSR count). The van der Waals surface area contributed by atoms with Crippen molar-refractivity contribution in [2.45, 2.75) is 4.90 Å². The maximum absolute atomic E-state index is 11.7. The van der Waals surface area contributed by atoms with Gasteiger partial charge in [0.15, 0.2) is 5.13 Å². The molecule has 0 aliphatic rings. The molecule has 15 heavy (non-hydrogen) atoms. The van der Waals surface area contributed by atoms with Crippen LogP contribution >= 0.6 is 11.3 Å². The molecule has 0 fully saturated rings. The molecule has 0 aliphatic heterocycles. The van der Waals surface area contributed by atoms with E-state index in [2.05, 4.69) is 14.7 Å². The third-order valence-electron chi connectivity index (χ3n) is 1.60. The fraction of sp³-hybridized carbons (Fsp3) is 0. The molecule has 5 nitrogen and oxygen atoms in total. The first-order chi connectivity index (χ1) is 7.18. The summed E-state index contributed by atoms with van der Waals surface area (Å²) in [4.78, 5) is 7.70. The molecule has 0 atom stereocenters. The maximum atomic E-state index is 11.7. The summed E-state index contributed by atoms with van der Waals surface area (Å²) in [5.41, 5.74) is 0. The second-order valence-electron chi connectivity index (χ2n) is 2.63. The minimum absolute atomic E-state index is 0.125. The average Bonchev–Trinajstić information content (AvgIpc) is 2.71. The van der Waals surface area contributed by atoms with Crippen LogP contribution < -0.4 is 4.72 Å². The van der Waals surface area contributed by atoms with Gasteiger partial charge in [0.05, 0.1) is 0 Å². The van der Waals surface area contributed by atoms with Gasteiger partial charge in [0.2, 0.25) is 0 Å². The fourth-order valence-corrected chi connectivity index (χ4v) is 2.71. The van der Waals surface area contributed by atoms with Gasteiger partial charge < -0.3 is 0 Å². The molecular formula is C8H7N3O2S2. The molecule has 2 aromatic heterocycles. The molecule has 2 aromatic rings. The molecule has 0 amide bonds. The average molecular weight is 241 g/mol. The highest BCUT2D eigenvalue weighted by molar-refractivity contribution is 7.93. The van der Waals surface area contributed by atoms with Crippen molar-refractivity contribution < 1.29 is 8.42 Å². The lowest BCUT2D eigenvalue weighted by Gasteiger charge is -2.03. The van der Waals surface area contributed by atoms with E-state index < -0.39 is 10.0 Å². The Hall–Kier alpha value is -1.47. The largest absolute Gasteiger partial charge is 0.265 e. The van der Waals surface area contributed by atoms with E-state index in [1.165, 1.54) is 36.0 Å². The van der Waals surface area contributed by atoms with Crippen LogP contribution in [0.3, 0.4) is 0 Å². The summed E-state index contributed by atoms with van der Waals surface area (Å²) < 4.78 is 25.8. The summed E-state index contributed by atoms with van der Waals surface area (Å²) in [5.74, 6) is 0. The van der Waals surface area contributed by atoms with Gasteiger partial charge in [-0.25, -0.2) is 13.4 Å². The smallest absolute Gasteiger partial charge is 0.263 e. The van der Waals surface area contributed by atoms with Crippen LogP contribution in [0.2, 0.25) is 0 Å². The van der Waals surface area contributed by atoms with Crippen molar-refractivity contribution >= 4 is 26.5 Å². The number of sulfonamides is 1. The van der Waals surface area contributed by atoms with Crippen molar-refractivity contribution in [1.82, 2.24) is 9.97 Å². The highest BCUT2D eigenvalue weighted by Gasteiger charge is 2.14. The van der Waals surface area contributed by atoms with Crippen molar-refractivity contribution in [3.8, 4) is 0 Å². The van der Waals surface area contributed by atoms with Crippen LogP contribution in [0.4, 0.5) is 5.13 Å². The van der Waals surface area contributed by atoms with Gasteiger partial charge in [-0.1, -0.05) is 0 Å². The van der Waals surface area contributed by atoms with Gasteiger partial charge >= 0.3 is 0 Å². The van der Waals surface area contributed by atoms with Crippen molar-refractivity contribution in [3.63, 3.8) is 0 Å². The Morgan fingerprint density at radius 1 is 1.33 bits per heavy atom. The molecular weight excluding hydrogens is 234 g/mol. The number of nitrogens with one attached hydrogen (secondary N) is 1. The molecule has 0 saturated carbocycles. The van der Waals surface area contributed by atoms with E-state index >= 15 is 0 Å². The predicted octanol–water partition coefficient (Wildman–Crippen LogP) is 1.34. The predicted molar refractivity (Wildman–Crippen MR) is 57.2 cm³/mol. The Balaban J connectivity index is 2.29. The molecule has 0 aromatic carbocycles. The van der Waals surface area contributed by atoms with Gasteiger partial charge in [-0.3, -0.25) is 9.71 Å². The third-order valence-corrected chi connectivity index (χ3v) is 3.74. The lowest BCUT2D eigenvalue weighted by atomic mass is 10.5. The number of pyridine rings is 1. The molecule has 78 valence electrons. The SMILES string of the molecule is O=S(=O)(Nc1nccs1)c1cccnc1. The quantitative estimate of drug-likeness (QED) is 0.880. The standard InChI is InChI=1S/C8H7N3O2S2/c12-15(13,7-2-1-3-9-6-7)11-8-10-4-5-14-8/h1-6H,(H,10,11). The summed E-state index contributed by atoms with van der Waals surface area (Å²) in [6, 6.07) is 3.04. The molecule has 0 saturated heterocycles. The number of rotatable bonds is 3. The van der Waals surface area contributed by atoms with Gasteiger partial charge in [-0.05, 0) is 12.1 Å². The van der Waals surface area contributed by atoms with Gasteiger partial charge in [0, 0.05) is 24.0 Å². The Labute approximate surface area is 90.9 Å². The number of nitrogens with zero attached hydrogens (tertiary/aromatic N) is 2. The lowest BCUT2D eigenvalue weighted by Crippen LogP contribution is -2.12. The monoisotopic (exact) mass is 241 g/mol. The zero-order chi connectivity index (χ0) is 10.7. The normalized spacial score (nSPS) is 11.2. The molecule has 1 N–H and O–H groups in total. The van der Waals surface area contributed by atoms with Crippen LogP contribution in [-0.4, -0.2) is 18.4 Å². The summed E-state index contributed by atoms with van der Waals surface area (Å²) in [6.45, 7) is 0. The first kappa shape index (κ1) is 10.1. The van der Waals surface area contributed by atoms with E-state index in [0.717, 1.165) is 0 Å². The topological polar surface area (TPSA) is 72.0 Å². The molecule has 0 spiro atoms. The van der Waals surface area contributed by atoms with Crippen LogP contribution in [0.5, 0.6) is 0 Å². The summed E-state index contributed by atoms with van der Waals surface area (Å²) in [6.07, 6.45) is 4.34. The van der Waals surface area contributed by atoms with Crippen LogP contribution in [-0.2, 0) is 10.0 Å². The number of aromatic nitrogens is 2. The first-order valence-electron chi connectivity index (χ1n) is 4.01. The second-order valence-corrected chi connectivity index (χ2v) is 5.21. The summed E-state index contributed by atoms with van der Waals surface area (Å²) >= 11 is 1.22. The van der Waals surface area contributed by atoms with E-state index in [9.17, 15) is 8.42 Å². The zero-order valence-electron chi connectivity index (χ0n) is 7.49. The zero-order valence-corrected chi connectivity index (χ0v) is 9.12. The highest BCUT2D eigenvalue weighted by atomic mass is 32.2. The van der Waals surface area contributed by atoms with Crippen LogP contribution in [0.25, 0.3) is 0 Å². The van der Waals surface area contributed by atoms with Crippen LogP contribution in [0, 0.1) is 0 Å². The van der Waals surface area contributed by atoms with Crippen LogP contribution in [0.1, 0.15) is 0 Å². The molecule has 0 radical (unpaired) electrons. The third kappa shape index (κ3) is 2.31. The first-order valence-corrected chi connectivity index (χ1v) is 6.37. The Kier molecular flexibility index (Phi) is 2.65. The Bertz CT molecular complexity index is 522. The van der Waals surface area contributed by atoms with E-state index in [0.29, 0.717) is 5.13 Å². The Morgan fingerprint density at radius 2 is 2.20 bits per heavy atom. The second kappa shape index (κ2) is 3.95. The minimum Gasteiger partial charge on any atom is -0.263 e. The number of hydrogen-bond acceptors (Lipinski definition) is 5. The molecule has 0 aliphatic carbocycles. The maximum Gasteiger partial charge on any atom is 0.265 e. The van der Waals surface area contributed by atoms with Crippen molar-refractivity contribution in [3.05, 3.63) is 36.1 Å². The number of thiazole rings is 1. The minimum atomic E-state index is -3.55. The van der Waals surface area contributed by atoms with Crippen molar-refractivity contribution in [2.75, 3.05) is 4.72 Å². The van der Waals surface area contributed by atoms with Crippen LogP contribution in [0.15, 0.2) is 41.0 Å². The Morgan fingerprint density at radius 3 is 2.80 bits per heavy atom. The fourth-order valence-electron chi connectivity index (χ4n) is 0.954. The summed E-state index contributed by atoms with van der Waals surface area (Å²) in [7, 11) is -3.55. The number of hydrogen-bond donors (Lipinski definition) is 1. The lowest BCUT2D eigenvalue weighted by molar-refractivity contribution is 0.601.